The molecule has 1 aromatic carbocycles. The summed E-state index contributed by atoms with van der Waals surface area (Å²) in [6.07, 6.45) is 8.04. The predicted octanol–water partition coefficient (Wildman–Crippen LogP) is 3.21. The first kappa shape index (κ1) is 23.3. The topological polar surface area (TPSA) is 65.1 Å². The molecule has 2 amide bonds. The van der Waals surface area contributed by atoms with Crippen molar-refractivity contribution in [2.24, 2.45) is 23.2 Å². The SMILES string of the molecule is O=C(CCN1CCN(C(=O)C23CC4CC(CC(C4)C2)C3)CC1)Nc1ccc(N2CCOCC2)cc1. The first-order valence-corrected chi connectivity index (χ1v) is 13.8. The molecule has 4 bridgehead atoms. The van der Waals surface area contributed by atoms with Gasteiger partial charge in [-0.05, 0) is 80.5 Å². The van der Waals surface area contributed by atoms with Gasteiger partial charge in [-0.15, -0.1) is 0 Å². The van der Waals surface area contributed by atoms with E-state index in [0.29, 0.717) is 12.3 Å². The van der Waals surface area contributed by atoms with Crippen LogP contribution in [0.2, 0.25) is 0 Å². The number of piperazine rings is 1. The third-order valence-electron chi connectivity index (χ3n) is 9.33. The zero-order chi connectivity index (χ0) is 23.8. The molecular weight excluding hydrogens is 440 g/mol. The highest BCUT2D eigenvalue weighted by Gasteiger charge is 2.55. The van der Waals surface area contributed by atoms with Crippen LogP contribution in [0, 0.1) is 23.2 Å². The Morgan fingerprint density at radius 2 is 1.46 bits per heavy atom. The number of morpholine rings is 1. The Hall–Kier alpha value is -2.12. The van der Waals surface area contributed by atoms with Crippen molar-refractivity contribution in [2.75, 3.05) is 69.2 Å². The summed E-state index contributed by atoms with van der Waals surface area (Å²) in [7, 11) is 0. The molecule has 0 atom stereocenters. The van der Waals surface area contributed by atoms with E-state index in [1.54, 1.807) is 0 Å². The molecule has 2 saturated heterocycles. The number of hydrogen-bond donors (Lipinski definition) is 1. The molecule has 7 nitrogen and oxygen atoms in total. The Morgan fingerprint density at radius 3 is 2.06 bits per heavy atom. The van der Waals surface area contributed by atoms with Gasteiger partial charge >= 0.3 is 0 Å². The number of ether oxygens (including phenoxy) is 1. The minimum Gasteiger partial charge on any atom is -0.378 e. The molecule has 35 heavy (non-hydrogen) atoms. The molecule has 4 saturated carbocycles. The number of carbonyl (C=O) groups is 2. The van der Waals surface area contributed by atoms with E-state index in [9.17, 15) is 9.59 Å². The second-order valence-corrected chi connectivity index (χ2v) is 11.8. The molecule has 6 fully saturated rings. The standard InChI is InChI=1S/C28H40N4O3/c33-26(29-24-1-3-25(4-2-24)31-11-13-35-14-12-31)5-6-30-7-9-32(10-8-30)27(34)28-18-21-15-22(19-28)17-23(16-21)20-28/h1-4,21-23H,5-20H2,(H,29,33). The van der Waals surface area contributed by atoms with Gasteiger partial charge in [-0.3, -0.25) is 14.5 Å². The zero-order valence-electron chi connectivity index (χ0n) is 20.9. The van der Waals surface area contributed by atoms with Crippen molar-refractivity contribution >= 4 is 23.2 Å². The molecule has 0 unspecified atom stereocenters. The molecule has 0 aromatic heterocycles. The lowest BCUT2D eigenvalue weighted by Crippen LogP contribution is -2.58. The largest absolute Gasteiger partial charge is 0.378 e. The quantitative estimate of drug-likeness (QED) is 0.677. The van der Waals surface area contributed by atoms with E-state index in [-0.39, 0.29) is 11.3 Å². The van der Waals surface area contributed by atoms with Crippen LogP contribution in [-0.4, -0.2) is 80.6 Å². The maximum atomic E-state index is 13.6. The highest BCUT2D eigenvalue weighted by molar-refractivity contribution is 5.91. The lowest BCUT2D eigenvalue weighted by atomic mass is 9.49. The lowest BCUT2D eigenvalue weighted by molar-refractivity contribution is -0.159. The number of rotatable bonds is 6. The van der Waals surface area contributed by atoms with Crippen molar-refractivity contribution in [3.05, 3.63) is 24.3 Å². The molecule has 7 heteroatoms. The van der Waals surface area contributed by atoms with Crippen LogP contribution in [0.3, 0.4) is 0 Å². The molecule has 1 N–H and O–H groups in total. The molecule has 7 rings (SSSR count). The van der Waals surface area contributed by atoms with Crippen LogP contribution < -0.4 is 10.2 Å². The fourth-order valence-electron chi connectivity index (χ4n) is 7.94. The van der Waals surface area contributed by atoms with E-state index in [4.69, 9.17) is 4.74 Å². The smallest absolute Gasteiger partial charge is 0.228 e. The number of carbonyl (C=O) groups excluding carboxylic acids is 2. The number of nitrogens with zero attached hydrogens (tertiary/aromatic N) is 3. The Labute approximate surface area is 209 Å². The number of benzene rings is 1. The normalized spacial score (nSPS) is 32.6. The van der Waals surface area contributed by atoms with Crippen molar-refractivity contribution in [3.8, 4) is 0 Å². The minimum absolute atomic E-state index is 0.0336. The molecule has 0 radical (unpaired) electrons. The van der Waals surface area contributed by atoms with Crippen molar-refractivity contribution in [2.45, 2.75) is 44.9 Å². The second kappa shape index (κ2) is 9.74. The molecule has 2 aliphatic heterocycles. The molecule has 2 heterocycles. The van der Waals surface area contributed by atoms with Gasteiger partial charge in [0.1, 0.15) is 0 Å². The van der Waals surface area contributed by atoms with Crippen molar-refractivity contribution in [1.82, 2.24) is 9.80 Å². The van der Waals surface area contributed by atoms with Crippen LogP contribution >= 0.6 is 0 Å². The van der Waals surface area contributed by atoms with Gasteiger partial charge in [-0.2, -0.15) is 0 Å². The number of amides is 2. The third-order valence-corrected chi connectivity index (χ3v) is 9.33. The summed E-state index contributed by atoms with van der Waals surface area (Å²) in [5.74, 6) is 2.92. The monoisotopic (exact) mass is 480 g/mol. The van der Waals surface area contributed by atoms with E-state index < -0.39 is 0 Å². The summed E-state index contributed by atoms with van der Waals surface area (Å²) >= 11 is 0. The number of anilines is 2. The zero-order valence-corrected chi connectivity index (χ0v) is 20.9. The van der Waals surface area contributed by atoms with Crippen LogP contribution in [0.1, 0.15) is 44.9 Å². The minimum atomic E-state index is -0.0336. The summed E-state index contributed by atoms with van der Waals surface area (Å²) in [6, 6.07) is 8.11. The fourth-order valence-corrected chi connectivity index (χ4v) is 7.94. The summed E-state index contributed by atoms with van der Waals surface area (Å²) in [4.78, 5) is 32.9. The van der Waals surface area contributed by atoms with Crippen LogP contribution in [0.25, 0.3) is 0 Å². The maximum absolute atomic E-state index is 13.6. The molecule has 190 valence electrons. The highest BCUT2D eigenvalue weighted by Crippen LogP contribution is 2.60. The second-order valence-electron chi connectivity index (χ2n) is 11.8. The fraction of sp³-hybridized carbons (Fsp3) is 0.714. The van der Waals surface area contributed by atoms with E-state index in [2.05, 4.69) is 32.1 Å². The average Bonchev–Trinajstić information content (AvgIpc) is 2.87. The van der Waals surface area contributed by atoms with Crippen LogP contribution in [-0.2, 0) is 14.3 Å². The van der Waals surface area contributed by atoms with E-state index in [1.165, 1.54) is 24.9 Å². The highest BCUT2D eigenvalue weighted by atomic mass is 16.5. The van der Waals surface area contributed by atoms with E-state index in [0.717, 1.165) is 102 Å². The number of hydrogen-bond acceptors (Lipinski definition) is 5. The predicted molar refractivity (Wildman–Crippen MR) is 136 cm³/mol. The Morgan fingerprint density at radius 1 is 0.857 bits per heavy atom. The van der Waals surface area contributed by atoms with Gasteiger partial charge < -0.3 is 19.9 Å². The summed E-state index contributed by atoms with van der Waals surface area (Å²) in [6.45, 7) is 7.47. The summed E-state index contributed by atoms with van der Waals surface area (Å²) in [5.41, 5.74) is 1.99. The van der Waals surface area contributed by atoms with Gasteiger partial charge in [-0.1, -0.05) is 0 Å². The Balaban J connectivity index is 0.941. The molecule has 4 aliphatic carbocycles. The third kappa shape index (κ3) is 4.94. The maximum Gasteiger partial charge on any atom is 0.228 e. The van der Waals surface area contributed by atoms with Crippen LogP contribution in [0.5, 0.6) is 0 Å². The van der Waals surface area contributed by atoms with Crippen molar-refractivity contribution in [1.29, 1.82) is 0 Å². The van der Waals surface area contributed by atoms with E-state index >= 15 is 0 Å². The van der Waals surface area contributed by atoms with Gasteiger partial charge in [-0.25, -0.2) is 0 Å². The first-order valence-electron chi connectivity index (χ1n) is 13.8. The molecule has 6 aliphatic rings. The number of nitrogens with one attached hydrogen (secondary N) is 1. The Bertz CT molecular complexity index is 883. The molecule has 0 spiro atoms. The van der Waals surface area contributed by atoms with Crippen molar-refractivity contribution < 1.29 is 14.3 Å². The first-order chi connectivity index (χ1) is 17.1. The van der Waals surface area contributed by atoms with E-state index in [1.807, 2.05) is 12.1 Å². The van der Waals surface area contributed by atoms with Crippen LogP contribution in [0.4, 0.5) is 11.4 Å². The van der Waals surface area contributed by atoms with Gasteiger partial charge in [0.2, 0.25) is 11.8 Å². The Kier molecular flexibility index (Phi) is 6.48. The van der Waals surface area contributed by atoms with Crippen molar-refractivity contribution in [3.63, 3.8) is 0 Å². The van der Waals surface area contributed by atoms with Gasteiger partial charge in [0.25, 0.3) is 0 Å². The lowest BCUT2D eigenvalue weighted by Gasteiger charge is -2.57. The van der Waals surface area contributed by atoms with Gasteiger partial charge in [0, 0.05) is 63.6 Å². The molecule has 1 aromatic rings. The average molecular weight is 481 g/mol. The summed E-state index contributed by atoms with van der Waals surface area (Å²) < 4.78 is 5.42. The molecular formula is C28H40N4O3. The van der Waals surface area contributed by atoms with Gasteiger partial charge in [0.05, 0.1) is 18.6 Å². The van der Waals surface area contributed by atoms with Gasteiger partial charge in [0.15, 0.2) is 0 Å². The van der Waals surface area contributed by atoms with Crippen LogP contribution in [0.15, 0.2) is 24.3 Å². The summed E-state index contributed by atoms with van der Waals surface area (Å²) in [5, 5.41) is 3.04.